The van der Waals surface area contributed by atoms with Crippen molar-refractivity contribution in [2.75, 3.05) is 12.3 Å². The molecule has 1 rings (SSSR count). The van der Waals surface area contributed by atoms with Gasteiger partial charge in [0, 0.05) is 6.54 Å². The van der Waals surface area contributed by atoms with Crippen LogP contribution in [0.4, 0.5) is 5.13 Å². The number of sulfonamides is 1. The van der Waals surface area contributed by atoms with Gasteiger partial charge in [-0.1, -0.05) is 44.4 Å². The second-order valence-corrected chi connectivity index (χ2v) is 7.69. The Hall–Kier alpha value is -0.660. The summed E-state index contributed by atoms with van der Waals surface area (Å²) >= 11 is 1.01. The quantitative estimate of drug-likeness (QED) is 0.773. The van der Waals surface area contributed by atoms with E-state index in [0.717, 1.165) is 37.0 Å². The molecule has 0 saturated carbocycles. The monoisotopic (exact) mass is 305 g/mol. The molecule has 0 aliphatic rings. The molecule has 19 heavy (non-hydrogen) atoms. The van der Waals surface area contributed by atoms with Gasteiger partial charge in [-0.2, -0.15) is 0 Å². The molecular weight excluding hydrogens is 282 g/mol. The van der Waals surface area contributed by atoms with Gasteiger partial charge in [-0.3, -0.25) is 0 Å². The molecule has 1 aromatic rings. The van der Waals surface area contributed by atoms with Crippen LogP contribution in [0.2, 0.25) is 0 Å². The van der Waals surface area contributed by atoms with Crippen molar-refractivity contribution in [1.29, 1.82) is 0 Å². The molecule has 1 aromatic heterocycles. The second-order valence-electron chi connectivity index (χ2n) is 4.69. The van der Waals surface area contributed by atoms with Crippen LogP contribution in [0.25, 0.3) is 0 Å². The molecule has 0 aliphatic heterocycles. The number of unbranched alkanes of at least 4 members (excludes halogenated alkanes) is 1. The Bertz CT molecular complexity index is 497. The van der Waals surface area contributed by atoms with Crippen LogP contribution in [0, 0.1) is 12.8 Å². The summed E-state index contributed by atoms with van der Waals surface area (Å²) in [6.45, 7) is 6.37. The van der Waals surface area contributed by atoms with Gasteiger partial charge in [0.05, 0.1) is 5.69 Å². The van der Waals surface area contributed by atoms with Crippen LogP contribution in [-0.2, 0) is 10.0 Å². The number of thiazole rings is 1. The summed E-state index contributed by atoms with van der Waals surface area (Å²) in [7, 11) is -3.47. The predicted octanol–water partition coefficient (Wildman–Crippen LogP) is 2.53. The van der Waals surface area contributed by atoms with Crippen molar-refractivity contribution in [2.45, 2.75) is 50.7 Å². The lowest BCUT2D eigenvalue weighted by Gasteiger charge is -2.15. The number of hydrogen-bond acceptors (Lipinski definition) is 5. The number of aromatic nitrogens is 1. The smallest absolute Gasteiger partial charge is 0.252 e. The van der Waals surface area contributed by atoms with E-state index in [-0.39, 0.29) is 9.34 Å². The SMILES string of the molecule is CCCCC(CC)CNS(=O)(=O)c1sc(N)nc1C. The zero-order valence-electron chi connectivity index (χ0n) is 11.8. The molecule has 7 heteroatoms. The second kappa shape index (κ2) is 7.21. The number of nitrogens with two attached hydrogens (primary N) is 1. The van der Waals surface area contributed by atoms with Crippen LogP contribution >= 0.6 is 11.3 Å². The topological polar surface area (TPSA) is 85.1 Å². The van der Waals surface area contributed by atoms with Gasteiger partial charge >= 0.3 is 0 Å². The van der Waals surface area contributed by atoms with E-state index >= 15 is 0 Å². The summed E-state index contributed by atoms with van der Waals surface area (Å²) in [5.74, 6) is 0.389. The molecule has 0 fully saturated rings. The highest BCUT2D eigenvalue weighted by molar-refractivity contribution is 7.91. The van der Waals surface area contributed by atoms with Crippen molar-refractivity contribution >= 4 is 26.5 Å². The summed E-state index contributed by atoms with van der Waals surface area (Å²) < 4.78 is 27.2. The summed E-state index contributed by atoms with van der Waals surface area (Å²) in [5, 5.41) is 0.288. The van der Waals surface area contributed by atoms with Gasteiger partial charge in [-0.05, 0) is 19.3 Å². The number of nitrogens with zero attached hydrogens (tertiary/aromatic N) is 1. The third-order valence-electron chi connectivity index (χ3n) is 3.12. The molecule has 5 nitrogen and oxygen atoms in total. The lowest BCUT2D eigenvalue weighted by Crippen LogP contribution is -2.29. The van der Waals surface area contributed by atoms with Crippen molar-refractivity contribution < 1.29 is 8.42 Å². The summed E-state index contributed by atoms with van der Waals surface area (Å²) in [5.41, 5.74) is 6.01. The van der Waals surface area contributed by atoms with E-state index in [1.165, 1.54) is 0 Å². The van der Waals surface area contributed by atoms with Gasteiger partial charge in [0.1, 0.15) is 0 Å². The molecule has 1 heterocycles. The highest BCUT2D eigenvalue weighted by Gasteiger charge is 2.21. The minimum absolute atomic E-state index is 0.232. The van der Waals surface area contributed by atoms with Crippen molar-refractivity contribution in [1.82, 2.24) is 9.71 Å². The van der Waals surface area contributed by atoms with Crippen molar-refractivity contribution in [3.63, 3.8) is 0 Å². The Balaban J connectivity index is 2.67. The van der Waals surface area contributed by atoms with Gasteiger partial charge < -0.3 is 5.73 Å². The zero-order valence-corrected chi connectivity index (χ0v) is 13.4. The molecule has 0 bridgehead atoms. The van der Waals surface area contributed by atoms with E-state index in [1.807, 2.05) is 0 Å². The van der Waals surface area contributed by atoms with Gasteiger partial charge in [-0.25, -0.2) is 18.1 Å². The number of aryl methyl sites for hydroxylation is 1. The van der Waals surface area contributed by atoms with Gasteiger partial charge in [0.15, 0.2) is 9.34 Å². The first-order chi connectivity index (χ1) is 8.90. The Labute approximate surface area is 119 Å². The third-order valence-corrected chi connectivity index (χ3v) is 6.14. The van der Waals surface area contributed by atoms with E-state index in [4.69, 9.17) is 5.73 Å². The Kier molecular flexibility index (Phi) is 6.22. The summed E-state index contributed by atoms with van der Waals surface area (Å²) in [4.78, 5) is 3.95. The van der Waals surface area contributed by atoms with Gasteiger partial charge in [0.25, 0.3) is 10.0 Å². The molecule has 0 aliphatic carbocycles. The molecule has 0 amide bonds. The fourth-order valence-corrected chi connectivity index (χ4v) is 4.35. The summed E-state index contributed by atoms with van der Waals surface area (Å²) in [6.07, 6.45) is 4.30. The Morgan fingerprint density at radius 2 is 2.11 bits per heavy atom. The van der Waals surface area contributed by atoms with Crippen molar-refractivity contribution in [3.05, 3.63) is 5.69 Å². The molecule has 3 N–H and O–H groups in total. The Morgan fingerprint density at radius 3 is 2.58 bits per heavy atom. The lowest BCUT2D eigenvalue weighted by atomic mass is 10.00. The van der Waals surface area contributed by atoms with E-state index in [9.17, 15) is 8.42 Å². The maximum Gasteiger partial charge on any atom is 0.252 e. The van der Waals surface area contributed by atoms with Crippen molar-refractivity contribution in [3.8, 4) is 0 Å². The number of anilines is 1. The van der Waals surface area contributed by atoms with Crippen molar-refractivity contribution in [2.24, 2.45) is 5.92 Å². The third kappa shape index (κ3) is 4.74. The fourth-order valence-electron chi connectivity index (χ4n) is 1.89. The molecule has 0 saturated heterocycles. The summed E-state index contributed by atoms with van der Waals surface area (Å²) in [6, 6.07) is 0. The highest BCUT2D eigenvalue weighted by Crippen LogP contribution is 2.25. The molecule has 1 unspecified atom stereocenters. The molecule has 0 spiro atoms. The van der Waals surface area contributed by atoms with E-state index in [1.54, 1.807) is 6.92 Å². The molecule has 1 atom stereocenters. The average molecular weight is 305 g/mol. The van der Waals surface area contributed by atoms with E-state index < -0.39 is 10.0 Å². The Morgan fingerprint density at radius 1 is 1.42 bits per heavy atom. The van der Waals surface area contributed by atoms with E-state index in [2.05, 4.69) is 23.6 Å². The fraction of sp³-hybridized carbons (Fsp3) is 0.750. The molecule has 0 aromatic carbocycles. The number of nitrogen functional groups attached to an aromatic ring is 1. The molecule has 0 radical (unpaired) electrons. The zero-order chi connectivity index (χ0) is 14.5. The van der Waals surface area contributed by atoms with Crippen LogP contribution in [0.1, 0.15) is 45.2 Å². The van der Waals surface area contributed by atoms with E-state index in [0.29, 0.717) is 18.2 Å². The minimum atomic E-state index is -3.47. The molecular formula is C12H23N3O2S2. The average Bonchev–Trinajstić information content (AvgIpc) is 2.69. The number of nitrogens with one attached hydrogen (secondary N) is 1. The van der Waals surface area contributed by atoms with Gasteiger partial charge in [-0.15, -0.1) is 0 Å². The normalized spacial score (nSPS) is 13.6. The maximum absolute atomic E-state index is 12.2. The predicted molar refractivity (Wildman–Crippen MR) is 79.8 cm³/mol. The number of hydrogen-bond donors (Lipinski definition) is 2. The van der Waals surface area contributed by atoms with Crippen LogP contribution in [0.5, 0.6) is 0 Å². The maximum atomic E-state index is 12.2. The number of rotatable bonds is 8. The standard InChI is InChI=1S/C12H23N3O2S2/c1-4-6-7-10(5-2)8-14-19(16,17)11-9(3)15-12(13)18-11/h10,14H,4-8H2,1-3H3,(H2,13,15). The van der Waals surface area contributed by atoms with Gasteiger partial charge in [0.2, 0.25) is 0 Å². The van der Waals surface area contributed by atoms with Crippen LogP contribution in [0.15, 0.2) is 4.21 Å². The first-order valence-electron chi connectivity index (χ1n) is 6.63. The highest BCUT2D eigenvalue weighted by atomic mass is 32.2. The minimum Gasteiger partial charge on any atom is -0.375 e. The molecule has 110 valence electrons. The largest absolute Gasteiger partial charge is 0.375 e. The first kappa shape index (κ1) is 16.4. The van der Waals surface area contributed by atoms with Crippen LogP contribution in [0.3, 0.4) is 0 Å². The van der Waals surface area contributed by atoms with Crippen LogP contribution in [-0.4, -0.2) is 19.9 Å². The van der Waals surface area contributed by atoms with Crippen LogP contribution < -0.4 is 10.5 Å². The first-order valence-corrected chi connectivity index (χ1v) is 8.93. The lowest BCUT2D eigenvalue weighted by molar-refractivity contribution is 0.444.